The van der Waals surface area contributed by atoms with Gasteiger partial charge in [-0.25, -0.2) is 4.79 Å². The zero-order valence-electron chi connectivity index (χ0n) is 10.2. The van der Waals surface area contributed by atoms with E-state index in [9.17, 15) is 9.59 Å². The van der Waals surface area contributed by atoms with Crippen LogP contribution in [0.15, 0.2) is 18.5 Å². The van der Waals surface area contributed by atoms with Crippen LogP contribution in [-0.2, 0) is 11.3 Å². The Balaban J connectivity index is 2.56. The average molecular weight is 236 g/mol. The summed E-state index contributed by atoms with van der Waals surface area (Å²) in [4.78, 5) is 25.9. The van der Waals surface area contributed by atoms with E-state index >= 15 is 0 Å². The molecule has 1 aromatic heterocycles. The molecule has 1 amide bonds. The topological polar surface area (TPSA) is 68.3 Å². The number of nitrogens with zero attached hydrogens (tertiary/aromatic N) is 1. The number of carbonyl (C=O) groups excluding carboxylic acids is 2. The van der Waals surface area contributed by atoms with E-state index in [2.05, 4.69) is 10.3 Å². The second kappa shape index (κ2) is 5.43. The molecule has 0 aliphatic carbocycles. The Morgan fingerprint density at radius 2 is 2.24 bits per heavy atom. The minimum atomic E-state index is -0.532. The summed E-state index contributed by atoms with van der Waals surface area (Å²) in [7, 11) is 0. The van der Waals surface area contributed by atoms with Gasteiger partial charge in [0.25, 0.3) is 0 Å². The van der Waals surface area contributed by atoms with Crippen LogP contribution in [0.5, 0.6) is 0 Å². The van der Waals surface area contributed by atoms with E-state index in [0.717, 1.165) is 0 Å². The van der Waals surface area contributed by atoms with Crippen LogP contribution >= 0.6 is 0 Å². The summed E-state index contributed by atoms with van der Waals surface area (Å²) >= 11 is 0. The van der Waals surface area contributed by atoms with E-state index in [4.69, 9.17) is 4.74 Å². The lowest BCUT2D eigenvalue weighted by Gasteiger charge is -2.19. The van der Waals surface area contributed by atoms with Crippen LogP contribution in [0.2, 0.25) is 0 Å². The van der Waals surface area contributed by atoms with Crippen LogP contribution in [0.1, 0.15) is 36.7 Å². The van der Waals surface area contributed by atoms with Gasteiger partial charge in [-0.15, -0.1) is 0 Å². The summed E-state index contributed by atoms with van der Waals surface area (Å²) in [5.41, 5.74) is 0.639. The van der Waals surface area contributed by atoms with Crippen molar-refractivity contribution in [3.8, 4) is 0 Å². The maximum absolute atomic E-state index is 11.4. The highest BCUT2D eigenvalue weighted by molar-refractivity contribution is 5.77. The van der Waals surface area contributed by atoms with Gasteiger partial charge in [-0.05, 0) is 32.4 Å². The molecule has 17 heavy (non-hydrogen) atoms. The molecule has 5 nitrogen and oxygen atoms in total. The average Bonchev–Trinajstić information content (AvgIpc) is 2.24. The fourth-order valence-electron chi connectivity index (χ4n) is 1.18. The molecule has 92 valence electrons. The lowest BCUT2D eigenvalue weighted by Crippen LogP contribution is -2.32. The normalized spacial score (nSPS) is 10.8. The molecule has 0 saturated heterocycles. The first kappa shape index (κ1) is 13.2. The molecule has 0 aliphatic heterocycles. The lowest BCUT2D eigenvalue weighted by atomic mass is 10.1. The summed E-state index contributed by atoms with van der Waals surface area (Å²) < 4.78 is 5.08. The summed E-state index contributed by atoms with van der Waals surface area (Å²) in [6.07, 6.45) is 3.23. The molecular weight excluding hydrogens is 220 g/mol. The minimum absolute atomic E-state index is 0.242. The third-order valence-electron chi connectivity index (χ3n) is 1.90. The molecule has 0 aliphatic rings. The molecule has 5 heteroatoms. The number of aldehydes is 1. The van der Waals surface area contributed by atoms with E-state index in [1.807, 2.05) is 0 Å². The van der Waals surface area contributed by atoms with Gasteiger partial charge in [0.05, 0.1) is 0 Å². The molecule has 0 fully saturated rings. The number of alkyl carbamates (subject to hydrolysis) is 1. The Bertz CT molecular complexity index is 410. The maximum Gasteiger partial charge on any atom is 0.407 e. The molecular formula is C12H16N2O3. The maximum atomic E-state index is 11.4. The fraction of sp³-hybridized carbons (Fsp3) is 0.417. The van der Waals surface area contributed by atoms with Crippen molar-refractivity contribution in [3.63, 3.8) is 0 Å². The minimum Gasteiger partial charge on any atom is -0.444 e. The number of hydrogen-bond acceptors (Lipinski definition) is 4. The Morgan fingerprint density at radius 1 is 1.53 bits per heavy atom. The van der Waals surface area contributed by atoms with Gasteiger partial charge in [0.15, 0.2) is 6.29 Å². The Kier molecular flexibility index (Phi) is 4.20. The monoisotopic (exact) mass is 236 g/mol. The van der Waals surface area contributed by atoms with Gasteiger partial charge in [-0.2, -0.15) is 0 Å². The van der Waals surface area contributed by atoms with E-state index in [0.29, 0.717) is 17.4 Å². The zero-order chi connectivity index (χ0) is 12.9. The van der Waals surface area contributed by atoms with Crippen LogP contribution in [0, 0.1) is 0 Å². The summed E-state index contributed by atoms with van der Waals surface area (Å²) in [6, 6.07) is 1.68. The van der Waals surface area contributed by atoms with Crippen LogP contribution in [-0.4, -0.2) is 23.0 Å². The summed E-state index contributed by atoms with van der Waals surface area (Å²) in [6.45, 7) is 5.60. The second-order valence-electron chi connectivity index (χ2n) is 4.55. The molecule has 0 unspecified atom stereocenters. The number of hydrogen-bond donors (Lipinski definition) is 1. The van der Waals surface area contributed by atoms with Crippen LogP contribution in [0.25, 0.3) is 0 Å². The molecule has 1 rings (SSSR count). The van der Waals surface area contributed by atoms with Gasteiger partial charge in [-0.3, -0.25) is 9.78 Å². The second-order valence-corrected chi connectivity index (χ2v) is 4.55. The van der Waals surface area contributed by atoms with Gasteiger partial charge in [0.2, 0.25) is 0 Å². The van der Waals surface area contributed by atoms with Crippen molar-refractivity contribution < 1.29 is 14.3 Å². The van der Waals surface area contributed by atoms with Crippen molar-refractivity contribution >= 4 is 12.4 Å². The first-order chi connectivity index (χ1) is 7.92. The third kappa shape index (κ3) is 4.63. The van der Waals surface area contributed by atoms with E-state index in [-0.39, 0.29) is 6.54 Å². The Hall–Kier alpha value is -1.91. The molecule has 1 aromatic rings. The van der Waals surface area contributed by atoms with Crippen molar-refractivity contribution in [1.82, 2.24) is 10.3 Å². The molecule has 0 spiro atoms. The molecule has 0 bridgehead atoms. The summed E-state index contributed by atoms with van der Waals surface area (Å²) in [5, 5.41) is 2.58. The van der Waals surface area contributed by atoms with Crippen molar-refractivity contribution in [2.45, 2.75) is 32.9 Å². The predicted octanol–water partition coefficient (Wildman–Crippen LogP) is 1.92. The number of carbonyl (C=O) groups is 2. The van der Waals surface area contributed by atoms with Crippen LogP contribution < -0.4 is 5.32 Å². The van der Waals surface area contributed by atoms with Gasteiger partial charge < -0.3 is 10.1 Å². The van der Waals surface area contributed by atoms with Crippen LogP contribution in [0.3, 0.4) is 0 Å². The third-order valence-corrected chi connectivity index (χ3v) is 1.90. The number of pyridine rings is 1. The standard InChI is InChI=1S/C12H16N2O3/c1-12(2,3)17-11(16)14-7-9-4-5-13-6-10(9)8-15/h4-6,8H,7H2,1-3H3,(H,14,16). The Labute approximate surface area is 100 Å². The fourth-order valence-corrected chi connectivity index (χ4v) is 1.18. The SMILES string of the molecule is CC(C)(C)OC(=O)NCc1ccncc1C=O. The molecule has 1 N–H and O–H groups in total. The smallest absolute Gasteiger partial charge is 0.407 e. The van der Waals surface area contributed by atoms with Crippen molar-refractivity contribution in [2.75, 3.05) is 0 Å². The zero-order valence-corrected chi connectivity index (χ0v) is 10.2. The Morgan fingerprint density at radius 3 is 2.82 bits per heavy atom. The van der Waals surface area contributed by atoms with Gasteiger partial charge in [0, 0.05) is 24.5 Å². The van der Waals surface area contributed by atoms with Crippen molar-refractivity contribution in [2.24, 2.45) is 0 Å². The molecule has 0 radical (unpaired) electrons. The number of aromatic nitrogens is 1. The highest BCUT2D eigenvalue weighted by Crippen LogP contribution is 2.08. The van der Waals surface area contributed by atoms with Crippen LogP contribution in [0.4, 0.5) is 4.79 Å². The predicted molar refractivity (Wildman–Crippen MR) is 62.7 cm³/mol. The number of ether oxygens (including phenoxy) is 1. The van der Waals surface area contributed by atoms with E-state index in [1.54, 1.807) is 33.0 Å². The molecule has 1 heterocycles. The molecule has 0 saturated carbocycles. The first-order valence-corrected chi connectivity index (χ1v) is 5.27. The lowest BCUT2D eigenvalue weighted by molar-refractivity contribution is 0.0523. The van der Waals surface area contributed by atoms with Crippen molar-refractivity contribution in [1.29, 1.82) is 0 Å². The largest absolute Gasteiger partial charge is 0.444 e. The highest BCUT2D eigenvalue weighted by atomic mass is 16.6. The van der Waals surface area contributed by atoms with Crippen molar-refractivity contribution in [3.05, 3.63) is 29.6 Å². The summed E-state index contributed by atoms with van der Waals surface area (Å²) in [5.74, 6) is 0. The number of amides is 1. The van der Waals surface area contributed by atoms with E-state index in [1.165, 1.54) is 6.20 Å². The molecule has 0 aromatic carbocycles. The van der Waals surface area contributed by atoms with E-state index < -0.39 is 11.7 Å². The molecule has 0 atom stereocenters. The quantitative estimate of drug-likeness (QED) is 0.814. The van der Waals surface area contributed by atoms with Gasteiger partial charge in [-0.1, -0.05) is 0 Å². The number of rotatable bonds is 3. The highest BCUT2D eigenvalue weighted by Gasteiger charge is 2.15. The van der Waals surface area contributed by atoms with Gasteiger partial charge in [0.1, 0.15) is 5.60 Å². The number of nitrogens with one attached hydrogen (secondary N) is 1. The first-order valence-electron chi connectivity index (χ1n) is 5.27. The van der Waals surface area contributed by atoms with Gasteiger partial charge >= 0.3 is 6.09 Å².